The summed E-state index contributed by atoms with van der Waals surface area (Å²) in [7, 11) is 1.70. The quantitative estimate of drug-likeness (QED) is 0.414. The van der Waals surface area contributed by atoms with Crippen LogP contribution in [0, 0.1) is 5.92 Å². The number of nitrogens with one attached hydrogen (secondary N) is 2. The van der Waals surface area contributed by atoms with Crippen molar-refractivity contribution < 1.29 is 4.79 Å². The highest BCUT2D eigenvalue weighted by Crippen LogP contribution is 2.20. The molecule has 6 nitrogen and oxygen atoms in total. The Balaban J connectivity index is 0.00000288. The number of rotatable bonds is 5. The molecule has 0 radical (unpaired) electrons. The number of hydrogen-bond acceptors (Lipinski definition) is 3. The minimum absolute atomic E-state index is 0. The van der Waals surface area contributed by atoms with Crippen LogP contribution in [0.2, 0.25) is 0 Å². The lowest BCUT2D eigenvalue weighted by Crippen LogP contribution is -2.46. The zero-order valence-electron chi connectivity index (χ0n) is 14.5. The van der Waals surface area contributed by atoms with Gasteiger partial charge in [0.1, 0.15) is 0 Å². The smallest absolute Gasteiger partial charge is 0.220 e. The van der Waals surface area contributed by atoms with Gasteiger partial charge in [-0.1, -0.05) is 6.07 Å². The molecule has 0 aromatic carbocycles. The summed E-state index contributed by atoms with van der Waals surface area (Å²) in [5, 5.41) is 6.07. The van der Waals surface area contributed by atoms with E-state index < -0.39 is 0 Å². The molecule has 24 heavy (non-hydrogen) atoms. The highest BCUT2D eigenvalue weighted by atomic mass is 127. The number of carbonyl (C=O) groups is 1. The summed E-state index contributed by atoms with van der Waals surface area (Å²) in [6.07, 6.45) is 4.48. The van der Waals surface area contributed by atoms with Crippen LogP contribution >= 0.6 is 24.0 Å². The number of carbonyl (C=O) groups excluding carboxylic acids is 1. The maximum Gasteiger partial charge on any atom is 0.220 e. The molecule has 1 fully saturated rings. The molecule has 1 aromatic heterocycles. The average Bonchev–Trinajstić information content (AvgIpc) is 2.60. The number of hydrogen-bond donors (Lipinski definition) is 2. The predicted octanol–water partition coefficient (Wildman–Crippen LogP) is 2.01. The normalized spacial score (nSPS) is 15.6. The van der Waals surface area contributed by atoms with Gasteiger partial charge < -0.3 is 15.5 Å². The van der Waals surface area contributed by atoms with Crippen molar-refractivity contribution in [2.24, 2.45) is 10.9 Å². The number of likely N-dealkylation sites (tertiary alicyclic amines) is 1. The van der Waals surface area contributed by atoms with Crippen molar-refractivity contribution in [3.63, 3.8) is 0 Å². The standard InChI is InChI=1S/C17H27N5O.HI/c1-3-19-17(21-13-15-6-4-5-9-20-15)22-10-7-14(8-11-22)12-16(23)18-2;/h4-6,9,14H,3,7-8,10-13H2,1-2H3,(H,18,23)(H,19,21);1H. The van der Waals surface area contributed by atoms with Crippen LogP contribution < -0.4 is 10.6 Å². The number of pyridine rings is 1. The maximum atomic E-state index is 11.5. The van der Waals surface area contributed by atoms with E-state index in [1.807, 2.05) is 18.2 Å². The Kier molecular flexibility index (Phi) is 9.66. The van der Waals surface area contributed by atoms with E-state index in [0.717, 1.165) is 44.1 Å². The van der Waals surface area contributed by atoms with E-state index in [1.54, 1.807) is 13.2 Å². The van der Waals surface area contributed by atoms with E-state index in [4.69, 9.17) is 4.99 Å². The first kappa shape index (κ1) is 20.7. The predicted molar refractivity (Wildman–Crippen MR) is 107 cm³/mol. The Morgan fingerprint density at radius 3 is 2.71 bits per heavy atom. The number of amides is 1. The monoisotopic (exact) mass is 445 g/mol. The molecule has 0 unspecified atom stereocenters. The van der Waals surface area contributed by atoms with Crippen LogP contribution in [0.5, 0.6) is 0 Å². The second-order valence-electron chi connectivity index (χ2n) is 5.80. The molecule has 0 saturated carbocycles. The summed E-state index contributed by atoms with van der Waals surface area (Å²) in [5.41, 5.74) is 0.970. The lowest BCUT2D eigenvalue weighted by atomic mass is 9.93. The first-order valence-corrected chi connectivity index (χ1v) is 8.36. The molecule has 1 saturated heterocycles. The Morgan fingerprint density at radius 2 is 2.12 bits per heavy atom. The van der Waals surface area contributed by atoms with Gasteiger partial charge in [0.25, 0.3) is 0 Å². The molecular weight excluding hydrogens is 417 g/mol. The summed E-state index contributed by atoms with van der Waals surface area (Å²) in [6.45, 7) is 5.39. The number of aromatic nitrogens is 1. The van der Waals surface area contributed by atoms with Crippen molar-refractivity contribution in [1.82, 2.24) is 20.5 Å². The minimum atomic E-state index is 0. The third kappa shape index (κ3) is 6.62. The molecule has 2 N–H and O–H groups in total. The third-order valence-corrected chi connectivity index (χ3v) is 4.12. The van der Waals surface area contributed by atoms with Gasteiger partial charge in [-0.3, -0.25) is 9.78 Å². The molecule has 1 aromatic rings. The molecular formula is C17H28IN5O. The molecule has 1 aliphatic rings. The van der Waals surface area contributed by atoms with Crippen LogP contribution in [-0.4, -0.2) is 48.4 Å². The third-order valence-electron chi connectivity index (χ3n) is 4.12. The lowest BCUT2D eigenvalue weighted by Gasteiger charge is -2.34. The maximum absolute atomic E-state index is 11.5. The molecule has 7 heteroatoms. The fourth-order valence-corrected chi connectivity index (χ4v) is 2.79. The van der Waals surface area contributed by atoms with E-state index in [-0.39, 0.29) is 29.9 Å². The van der Waals surface area contributed by atoms with Crippen LogP contribution in [0.1, 0.15) is 31.9 Å². The number of piperidine rings is 1. The number of guanidine groups is 1. The van der Waals surface area contributed by atoms with Gasteiger partial charge in [-0.25, -0.2) is 4.99 Å². The van der Waals surface area contributed by atoms with Gasteiger partial charge >= 0.3 is 0 Å². The summed E-state index contributed by atoms with van der Waals surface area (Å²) in [6, 6.07) is 5.88. The highest BCUT2D eigenvalue weighted by molar-refractivity contribution is 14.0. The molecule has 0 aliphatic carbocycles. The summed E-state index contributed by atoms with van der Waals surface area (Å²) >= 11 is 0. The first-order valence-electron chi connectivity index (χ1n) is 8.36. The molecule has 0 bridgehead atoms. The molecule has 0 spiro atoms. The second kappa shape index (κ2) is 11.2. The number of nitrogens with zero attached hydrogens (tertiary/aromatic N) is 3. The van der Waals surface area contributed by atoms with Gasteiger partial charge in [0, 0.05) is 39.3 Å². The average molecular weight is 445 g/mol. The largest absolute Gasteiger partial charge is 0.359 e. The van der Waals surface area contributed by atoms with E-state index >= 15 is 0 Å². The Bertz CT molecular complexity index is 515. The number of halogens is 1. The minimum Gasteiger partial charge on any atom is -0.359 e. The van der Waals surface area contributed by atoms with Crippen molar-refractivity contribution in [3.8, 4) is 0 Å². The van der Waals surface area contributed by atoms with Crippen molar-refractivity contribution in [3.05, 3.63) is 30.1 Å². The van der Waals surface area contributed by atoms with Gasteiger partial charge in [0.15, 0.2) is 5.96 Å². The van der Waals surface area contributed by atoms with Gasteiger partial charge in [0.05, 0.1) is 12.2 Å². The Hall–Kier alpha value is -1.38. The van der Waals surface area contributed by atoms with Crippen LogP contribution in [0.3, 0.4) is 0 Å². The van der Waals surface area contributed by atoms with Crippen LogP contribution in [0.15, 0.2) is 29.4 Å². The Labute approximate surface area is 161 Å². The molecule has 134 valence electrons. The van der Waals surface area contributed by atoms with E-state index in [1.165, 1.54) is 0 Å². The summed E-state index contributed by atoms with van der Waals surface area (Å²) in [5.74, 6) is 1.56. The van der Waals surface area contributed by atoms with Gasteiger partial charge in [-0.05, 0) is 37.8 Å². The molecule has 2 rings (SSSR count). The molecule has 1 amide bonds. The SMILES string of the molecule is CCNC(=NCc1ccccn1)N1CCC(CC(=O)NC)CC1.I. The molecule has 0 atom stereocenters. The highest BCUT2D eigenvalue weighted by Gasteiger charge is 2.22. The van der Waals surface area contributed by atoms with Crippen LogP contribution in [0.4, 0.5) is 0 Å². The van der Waals surface area contributed by atoms with E-state index in [2.05, 4.69) is 27.4 Å². The molecule has 2 heterocycles. The fourth-order valence-electron chi connectivity index (χ4n) is 2.79. The number of aliphatic imine (C=N–C) groups is 1. The van der Waals surface area contributed by atoms with E-state index in [0.29, 0.717) is 18.9 Å². The second-order valence-corrected chi connectivity index (χ2v) is 5.80. The topological polar surface area (TPSA) is 69.6 Å². The van der Waals surface area contributed by atoms with Gasteiger partial charge in [0.2, 0.25) is 5.91 Å². The van der Waals surface area contributed by atoms with Crippen molar-refractivity contribution in [2.45, 2.75) is 32.7 Å². The lowest BCUT2D eigenvalue weighted by molar-refractivity contribution is -0.121. The zero-order chi connectivity index (χ0) is 16.5. The van der Waals surface area contributed by atoms with Crippen molar-refractivity contribution >= 4 is 35.8 Å². The summed E-state index contributed by atoms with van der Waals surface area (Å²) < 4.78 is 0. The van der Waals surface area contributed by atoms with Gasteiger partial charge in [-0.15, -0.1) is 24.0 Å². The van der Waals surface area contributed by atoms with Crippen molar-refractivity contribution in [2.75, 3.05) is 26.7 Å². The first-order chi connectivity index (χ1) is 11.2. The van der Waals surface area contributed by atoms with Crippen LogP contribution in [-0.2, 0) is 11.3 Å². The van der Waals surface area contributed by atoms with E-state index in [9.17, 15) is 4.79 Å². The Morgan fingerprint density at radius 1 is 1.38 bits per heavy atom. The van der Waals surface area contributed by atoms with Crippen LogP contribution in [0.25, 0.3) is 0 Å². The molecule has 1 aliphatic heterocycles. The summed E-state index contributed by atoms with van der Waals surface area (Å²) in [4.78, 5) is 22.8. The van der Waals surface area contributed by atoms with Crippen molar-refractivity contribution in [1.29, 1.82) is 0 Å². The zero-order valence-corrected chi connectivity index (χ0v) is 16.8. The van der Waals surface area contributed by atoms with Gasteiger partial charge in [-0.2, -0.15) is 0 Å². The fraction of sp³-hybridized carbons (Fsp3) is 0.588.